The normalized spacial score (nSPS) is 11.5. The van der Waals surface area contributed by atoms with Gasteiger partial charge >= 0.3 is 6.18 Å². The van der Waals surface area contributed by atoms with Crippen molar-refractivity contribution in [2.75, 3.05) is 26.4 Å². The summed E-state index contributed by atoms with van der Waals surface area (Å²) in [5, 5.41) is 0. The van der Waals surface area contributed by atoms with E-state index in [0.29, 0.717) is 13.2 Å². The molecular weight excluding hydrogens is 235 g/mol. The second-order valence-corrected chi connectivity index (χ2v) is 3.24. The van der Waals surface area contributed by atoms with E-state index in [9.17, 15) is 13.2 Å². The molecule has 0 aliphatic rings. The third-order valence-corrected chi connectivity index (χ3v) is 1.94. The van der Waals surface area contributed by atoms with E-state index in [-0.39, 0.29) is 19.0 Å². The number of nitrogens with two attached hydrogens (primary N) is 1. The molecule has 0 unspecified atom stereocenters. The average molecular weight is 249 g/mol. The van der Waals surface area contributed by atoms with E-state index >= 15 is 0 Å². The molecule has 0 fully saturated rings. The molecule has 0 aromatic heterocycles. The molecule has 96 valence electrons. The van der Waals surface area contributed by atoms with Crippen LogP contribution in [0.5, 0.6) is 5.75 Å². The monoisotopic (exact) mass is 249 g/mol. The minimum atomic E-state index is -4.41. The van der Waals surface area contributed by atoms with Gasteiger partial charge in [0.05, 0.1) is 18.8 Å². The predicted octanol–water partition coefficient (Wildman–Crippen LogP) is 2.06. The van der Waals surface area contributed by atoms with E-state index in [1.807, 2.05) is 0 Å². The van der Waals surface area contributed by atoms with Gasteiger partial charge in [-0.25, -0.2) is 0 Å². The maximum Gasteiger partial charge on any atom is 0.419 e. The van der Waals surface area contributed by atoms with Crippen LogP contribution in [0.3, 0.4) is 0 Å². The van der Waals surface area contributed by atoms with Crippen molar-refractivity contribution in [2.24, 2.45) is 5.73 Å². The van der Waals surface area contributed by atoms with Gasteiger partial charge in [-0.2, -0.15) is 13.2 Å². The van der Waals surface area contributed by atoms with Gasteiger partial charge < -0.3 is 15.2 Å². The number of halogens is 3. The summed E-state index contributed by atoms with van der Waals surface area (Å²) in [6.07, 6.45) is -4.41. The summed E-state index contributed by atoms with van der Waals surface area (Å²) in [5.41, 5.74) is 4.41. The molecule has 0 aliphatic heterocycles. The van der Waals surface area contributed by atoms with E-state index in [2.05, 4.69) is 0 Å². The van der Waals surface area contributed by atoms with E-state index < -0.39 is 11.7 Å². The molecule has 0 saturated heterocycles. The van der Waals surface area contributed by atoms with Gasteiger partial charge in [0.1, 0.15) is 12.4 Å². The first-order chi connectivity index (χ1) is 8.05. The molecule has 1 aromatic rings. The molecule has 3 nitrogen and oxygen atoms in total. The summed E-state index contributed by atoms with van der Waals surface area (Å²) in [7, 11) is 0. The topological polar surface area (TPSA) is 44.5 Å². The standard InChI is InChI=1S/C11H14F3NO2/c12-11(13,14)9-3-1-2-4-10(9)17-8-7-16-6-5-15/h1-4H,5-8,15H2. The fraction of sp³-hybridized carbons (Fsp3) is 0.455. The molecule has 0 amide bonds. The van der Waals surface area contributed by atoms with E-state index in [0.717, 1.165) is 6.07 Å². The Hall–Kier alpha value is -1.27. The number of alkyl halides is 3. The van der Waals surface area contributed by atoms with Gasteiger partial charge in [0, 0.05) is 6.54 Å². The van der Waals surface area contributed by atoms with Crippen LogP contribution in [0.25, 0.3) is 0 Å². The zero-order valence-corrected chi connectivity index (χ0v) is 9.17. The minimum Gasteiger partial charge on any atom is -0.491 e. The Balaban J connectivity index is 2.53. The molecule has 0 atom stereocenters. The number of para-hydroxylation sites is 1. The lowest BCUT2D eigenvalue weighted by Gasteiger charge is -2.13. The van der Waals surface area contributed by atoms with Crippen LogP contribution >= 0.6 is 0 Å². The fourth-order valence-electron chi connectivity index (χ4n) is 1.22. The Morgan fingerprint density at radius 1 is 1.06 bits per heavy atom. The highest BCUT2D eigenvalue weighted by atomic mass is 19.4. The van der Waals surface area contributed by atoms with E-state index in [1.54, 1.807) is 0 Å². The summed E-state index contributed by atoms with van der Waals surface area (Å²) in [6, 6.07) is 5.08. The Kier molecular flexibility index (Phi) is 5.24. The predicted molar refractivity (Wildman–Crippen MR) is 56.8 cm³/mol. The smallest absolute Gasteiger partial charge is 0.419 e. The largest absolute Gasteiger partial charge is 0.491 e. The van der Waals surface area contributed by atoms with Gasteiger partial charge in [-0.05, 0) is 12.1 Å². The second kappa shape index (κ2) is 6.46. The molecule has 0 spiro atoms. The molecule has 0 aliphatic carbocycles. The number of hydrogen-bond acceptors (Lipinski definition) is 3. The third-order valence-electron chi connectivity index (χ3n) is 1.94. The summed E-state index contributed by atoms with van der Waals surface area (Å²) < 4.78 is 47.7. The first-order valence-electron chi connectivity index (χ1n) is 5.12. The highest BCUT2D eigenvalue weighted by Crippen LogP contribution is 2.35. The Bertz CT molecular complexity index is 342. The van der Waals surface area contributed by atoms with Crippen molar-refractivity contribution < 1.29 is 22.6 Å². The lowest BCUT2D eigenvalue weighted by atomic mass is 10.2. The molecule has 17 heavy (non-hydrogen) atoms. The SMILES string of the molecule is NCCOCCOc1ccccc1C(F)(F)F. The van der Waals surface area contributed by atoms with E-state index in [4.69, 9.17) is 15.2 Å². The van der Waals surface area contributed by atoms with Crippen LogP contribution in [0.1, 0.15) is 5.56 Å². The lowest BCUT2D eigenvalue weighted by Crippen LogP contribution is -2.14. The number of benzene rings is 1. The number of rotatable bonds is 6. The number of ether oxygens (including phenoxy) is 2. The Labute approximate surface area is 97.3 Å². The van der Waals surface area contributed by atoms with Crippen molar-refractivity contribution in [1.82, 2.24) is 0 Å². The molecule has 0 saturated carbocycles. The second-order valence-electron chi connectivity index (χ2n) is 3.24. The Morgan fingerprint density at radius 3 is 2.41 bits per heavy atom. The molecule has 1 rings (SSSR count). The van der Waals surface area contributed by atoms with Crippen LogP contribution in [0.15, 0.2) is 24.3 Å². The lowest BCUT2D eigenvalue weighted by molar-refractivity contribution is -0.139. The molecule has 0 radical (unpaired) electrons. The zero-order chi connectivity index (χ0) is 12.7. The first-order valence-corrected chi connectivity index (χ1v) is 5.12. The summed E-state index contributed by atoms with van der Waals surface area (Å²) in [5.74, 6) is -0.184. The highest BCUT2D eigenvalue weighted by Gasteiger charge is 2.33. The quantitative estimate of drug-likeness (QED) is 0.785. The van der Waals surface area contributed by atoms with Crippen molar-refractivity contribution in [3.63, 3.8) is 0 Å². The van der Waals surface area contributed by atoms with Crippen molar-refractivity contribution in [2.45, 2.75) is 6.18 Å². The van der Waals surface area contributed by atoms with Crippen LogP contribution in [0, 0.1) is 0 Å². The molecule has 2 N–H and O–H groups in total. The maximum absolute atomic E-state index is 12.6. The van der Waals surface area contributed by atoms with Gasteiger partial charge in [-0.1, -0.05) is 12.1 Å². The van der Waals surface area contributed by atoms with Crippen LogP contribution in [0.2, 0.25) is 0 Å². The van der Waals surface area contributed by atoms with Crippen molar-refractivity contribution >= 4 is 0 Å². The fourth-order valence-corrected chi connectivity index (χ4v) is 1.22. The van der Waals surface area contributed by atoms with Gasteiger partial charge in [0.15, 0.2) is 0 Å². The van der Waals surface area contributed by atoms with Crippen LogP contribution in [-0.4, -0.2) is 26.4 Å². The minimum absolute atomic E-state index is 0.0626. The van der Waals surface area contributed by atoms with Gasteiger partial charge in [-0.15, -0.1) is 0 Å². The molecule has 1 aromatic carbocycles. The molecule has 0 bridgehead atoms. The molecule has 0 heterocycles. The summed E-state index contributed by atoms with van der Waals surface area (Å²) in [6.45, 7) is 1.01. The average Bonchev–Trinajstić information content (AvgIpc) is 2.28. The zero-order valence-electron chi connectivity index (χ0n) is 9.17. The van der Waals surface area contributed by atoms with Crippen LogP contribution < -0.4 is 10.5 Å². The highest BCUT2D eigenvalue weighted by molar-refractivity contribution is 5.35. The third kappa shape index (κ3) is 4.62. The van der Waals surface area contributed by atoms with Crippen molar-refractivity contribution in [3.05, 3.63) is 29.8 Å². The van der Waals surface area contributed by atoms with Gasteiger partial charge in [0.2, 0.25) is 0 Å². The summed E-state index contributed by atoms with van der Waals surface area (Å²) >= 11 is 0. The Morgan fingerprint density at radius 2 is 1.76 bits per heavy atom. The van der Waals surface area contributed by atoms with Crippen LogP contribution in [-0.2, 0) is 10.9 Å². The maximum atomic E-state index is 12.6. The van der Waals surface area contributed by atoms with Crippen LogP contribution in [0.4, 0.5) is 13.2 Å². The first kappa shape index (κ1) is 13.8. The van der Waals surface area contributed by atoms with Crippen molar-refractivity contribution in [3.8, 4) is 5.75 Å². The summed E-state index contributed by atoms with van der Waals surface area (Å²) in [4.78, 5) is 0. The van der Waals surface area contributed by atoms with Gasteiger partial charge in [0.25, 0.3) is 0 Å². The van der Waals surface area contributed by atoms with Crippen molar-refractivity contribution in [1.29, 1.82) is 0 Å². The molecular formula is C11H14F3NO2. The number of hydrogen-bond donors (Lipinski definition) is 1. The van der Waals surface area contributed by atoms with E-state index in [1.165, 1.54) is 18.2 Å². The van der Waals surface area contributed by atoms with Gasteiger partial charge in [-0.3, -0.25) is 0 Å². The molecule has 6 heteroatoms.